The lowest BCUT2D eigenvalue weighted by molar-refractivity contribution is 0.0455. The number of aromatic nitrogens is 2. The van der Waals surface area contributed by atoms with E-state index in [4.69, 9.17) is 9.72 Å². The Bertz CT molecular complexity index is 1190. The van der Waals surface area contributed by atoms with Gasteiger partial charge in [0, 0.05) is 31.3 Å². The van der Waals surface area contributed by atoms with Crippen molar-refractivity contribution in [3.63, 3.8) is 0 Å². The maximum absolute atomic E-state index is 13.4. The third kappa shape index (κ3) is 2.41. The van der Waals surface area contributed by atoms with Crippen LogP contribution in [-0.2, 0) is 25.5 Å². The van der Waals surface area contributed by atoms with Crippen LogP contribution in [0.1, 0.15) is 58.6 Å². The lowest BCUT2D eigenvalue weighted by Gasteiger charge is -2.37. The van der Waals surface area contributed by atoms with Crippen LogP contribution in [0, 0.1) is 6.92 Å². The van der Waals surface area contributed by atoms with Crippen LogP contribution < -0.4 is 4.74 Å². The molecule has 1 atom stereocenters. The van der Waals surface area contributed by atoms with Gasteiger partial charge < -0.3 is 14.2 Å². The Kier molecular flexibility index (Phi) is 3.80. The molecule has 0 radical (unpaired) electrons. The highest BCUT2D eigenvalue weighted by Gasteiger charge is 2.45. The van der Waals surface area contributed by atoms with E-state index in [1.807, 2.05) is 18.9 Å². The summed E-state index contributed by atoms with van der Waals surface area (Å²) in [6.07, 6.45) is 5.99. The number of hydrogen-bond acceptors (Lipinski definition) is 3. The molecule has 30 heavy (non-hydrogen) atoms. The highest BCUT2D eigenvalue weighted by atomic mass is 16.5. The molecule has 3 aromatic rings. The number of fused-ring (bicyclic) bond motifs is 5. The minimum Gasteiger partial charge on any atom is -0.480 e. The fraction of sp³-hybridized carbons (Fsp3) is 0.440. The van der Waals surface area contributed by atoms with Crippen molar-refractivity contribution < 1.29 is 9.53 Å². The van der Waals surface area contributed by atoms with Crippen LogP contribution >= 0.6 is 0 Å². The average Bonchev–Trinajstić information content (AvgIpc) is 3.48. The van der Waals surface area contributed by atoms with Gasteiger partial charge >= 0.3 is 0 Å². The smallest absolute Gasteiger partial charge is 0.254 e. The summed E-state index contributed by atoms with van der Waals surface area (Å²) < 4.78 is 8.97. The largest absolute Gasteiger partial charge is 0.480 e. The summed E-state index contributed by atoms with van der Waals surface area (Å²) in [5.41, 5.74) is 6.14. The highest BCUT2D eigenvalue weighted by Crippen LogP contribution is 2.50. The molecule has 1 spiro atoms. The Morgan fingerprint density at radius 2 is 1.90 bits per heavy atom. The van der Waals surface area contributed by atoms with Crippen LogP contribution in [0.2, 0.25) is 0 Å². The van der Waals surface area contributed by atoms with Gasteiger partial charge in [0.15, 0.2) is 5.75 Å². The first-order chi connectivity index (χ1) is 14.6. The van der Waals surface area contributed by atoms with Crippen molar-refractivity contribution in [3.8, 4) is 5.75 Å². The first kappa shape index (κ1) is 18.0. The van der Waals surface area contributed by atoms with Crippen LogP contribution in [0.25, 0.3) is 11.0 Å². The zero-order valence-electron chi connectivity index (χ0n) is 17.7. The van der Waals surface area contributed by atoms with Gasteiger partial charge in [-0.3, -0.25) is 4.79 Å². The van der Waals surface area contributed by atoms with Crippen molar-refractivity contribution in [2.45, 2.75) is 51.0 Å². The van der Waals surface area contributed by atoms with Gasteiger partial charge in [-0.15, -0.1) is 0 Å². The predicted octanol–water partition coefficient (Wildman–Crippen LogP) is 4.28. The summed E-state index contributed by atoms with van der Waals surface area (Å²) in [7, 11) is 2.02. The normalized spacial score (nSPS) is 22.4. The topological polar surface area (TPSA) is 47.4 Å². The number of likely N-dealkylation sites (tertiary alicyclic amines) is 1. The van der Waals surface area contributed by atoms with E-state index in [2.05, 4.69) is 34.9 Å². The number of aryl methyl sites for hydroxylation is 3. The molecule has 5 heteroatoms. The van der Waals surface area contributed by atoms with E-state index in [1.54, 1.807) is 0 Å². The Hall–Kier alpha value is -2.82. The molecule has 1 aromatic heterocycles. The third-order valence-corrected chi connectivity index (χ3v) is 7.46. The van der Waals surface area contributed by atoms with Gasteiger partial charge in [0.05, 0.1) is 5.52 Å². The molecule has 2 aliphatic heterocycles. The van der Waals surface area contributed by atoms with Crippen LogP contribution in [0.15, 0.2) is 30.3 Å². The maximum Gasteiger partial charge on any atom is 0.254 e. The number of amides is 1. The number of carbonyl (C=O) groups is 1. The highest BCUT2D eigenvalue weighted by molar-refractivity contribution is 6.01. The summed E-state index contributed by atoms with van der Waals surface area (Å²) in [5, 5.41) is 0. The summed E-state index contributed by atoms with van der Waals surface area (Å²) in [4.78, 5) is 20.3. The molecule has 6 rings (SSSR count). The zero-order chi connectivity index (χ0) is 20.5. The van der Waals surface area contributed by atoms with E-state index in [0.717, 1.165) is 85.3 Å². The fourth-order valence-corrected chi connectivity index (χ4v) is 5.68. The van der Waals surface area contributed by atoms with Crippen molar-refractivity contribution in [2.24, 2.45) is 7.05 Å². The van der Waals surface area contributed by atoms with Crippen molar-refractivity contribution in [1.82, 2.24) is 14.5 Å². The molecule has 3 heterocycles. The van der Waals surface area contributed by atoms with Crippen LogP contribution in [0.5, 0.6) is 5.75 Å². The maximum atomic E-state index is 13.4. The molecular formula is C25H27N3O2. The number of rotatable bonds is 1. The van der Waals surface area contributed by atoms with Gasteiger partial charge in [-0.2, -0.15) is 0 Å². The van der Waals surface area contributed by atoms with Gasteiger partial charge in [-0.1, -0.05) is 24.3 Å². The van der Waals surface area contributed by atoms with Crippen LogP contribution in [0.3, 0.4) is 0 Å². The van der Waals surface area contributed by atoms with Gasteiger partial charge in [0.25, 0.3) is 5.91 Å². The Morgan fingerprint density at radius 1 is 1.13 bits per heavy atom. The molecule has 3 aliphatic rings. The minimum atomic E-state index is -0.294. The van der Waals surface area contributed by atoms with Crippen LogP contribution in [0.4, 0.5) is 0 Å². The van der Waals surface area contributed by atoms with E-state index in [1.165, 1.54) is 11.1 Å². The molecule has 154 valence electrons. The second kappa shape index (κ2) is 6.34. The zero-order valence-corrected chi connectivity index (χ0v) is 17.7. The average molecular weight is 402 g/mol. The molecule has 1 unspecified atom stereocenters. The predicted molar refractivity (Wildman–Crippen MR) is 116 cm³/mol. The van der Waals surface area contributed by atoms with Crippen molar-refractivity contribution >= 4 is 16.9 Å². The second-order valence-electron chi connectivity index (χ2n) is 9.07. The Labute approximate surface area is 176 Å². The molecule has 1 saturated heterocycles. The molecular weight excluding hydrogens is 374 g/mol. The molecule has 5 nitrogen and oxygen atoms in total. The summed E-state index contributed by atoms with van der Waals surface area (Å²) in [6, 6.07) is 10.7. The number of benzene rings is 2. The van der Waals surface area contributed by atoms with E-state index in [-0.39, 0.29) is 11.5 Å². The second-order valence-corrected chi connectivity index (χ2v) is 9.07. The molecule has 0 N–H and O–H groups in total. The molecule has 1 amide bonds. The van der Waals surface area contributed by atoms with Gasteiger partial charge in [0.2, 0.25) is 0 Å². The SMILES string of the molecule is Cc1nc2c3c(c(C(=O)N4CCCC4)cc2n1C)CCC1(CCc2ccccc21)O3. The quantitative estimate of drug-likeness (QED) is 0.611. The van der Waals surface area contributed by atoms with Gasteiger partial charge in [0.1, 0.15) is 16.9 Å². The Morgan fingerprint density at radius 3 is 2.73 bits per heavy atom. The van der Waals surface area contributed by atoms with E-state index in [9.17, 15) is 4.79 Å². The lowest BCUT2D eigenvalue weighted by atomic mass is 9.84. The molecule has 2 aromatic carbocycles. The third-order valence-electron chi connectivity index (χ3n) is 7.46. The number of hydrogen-bond donors (Lipinski definition) is 0. The standard InChI is InChI=1S/C25H27N3O2/c1-16-26-22-21(27(16)2)15-19(24(29)28-13-5-6-14-28)18-10-12-25(30-23(18)22)11-9-17-7-3-4-8-20(17)25/h3-4,7-8,15H,5-6,9-14H2,1-2H3. The summed E-state index contributed by atoms with van der Waals surface area (Å²) in [6.45, 7) is 3.72. The first-order valence-corrected chi connectivity index (χ1v) is 11.1. The molecule has 1 fully saturated rings. The molecule has 0 bridgehead atoms. The fourth-order valence-electron chi connectivity index (χ4n) is 5.68. The number of carbonyl (C=O) groups excluding carboxylic acids is 1. The van der Waals surface area contributed by atoms with Gasteiger partial charge in [-0.25, -0.2) is 4.98 Å². The number of imidazole rings is 1. The van der Waals surface area contributed by atoms with Gasteiger partial charge in [-0.05, 0) is 62.6 Å². The van der Waals surface area contributed by atoms with Crippen molar-refractivity contribution in [1.29, 1.82) is 0 Å². The van der Waals surface area contributed by atoms with E-state index >= 15 is 0 Å². The van der Waals surface area contributed by atoms with E-state index in [0.29, 0.717) is 0 Å². The molecule has 0 saturated carbocycles. The summed E-state index contributed by atoms with van der Waals surface area (Å²) in [5.74, 6) is 1.92. The Balaban J connectivity index is 1.54. The van der Waals surface area contributed by atoms with Crippen LogP contribution in [-0.4, -0.2) is 33.4 Å². The van der Waals surface area contributed by atoms with Crippen molar-refractivity contribution in [2.75, 3.05) is 13.1 Å². The minimum absolute atomic E-state index is 0.149. The summed E-state index contributed by atoms with van der Waals surface area (Å²) >= 11 is 0. The van der Waals surface area contributed by atoms with Crippen molar-refractivity contribution in [3.05, 3.63) is 58.4 Å². The lowest BCUT2D eigenvalue weighted by Crippen LogP contribution is -2.36. The first-order valence-electron chi connectivity index (χ1n) is 11.1. The number of nitrogens with zero attached hydrogens (tertiary/aromatic N) is 3. The van der Waals surface area contributed by atoms with E-state index < -0.39 is 0 Å². The monoisotopic (exact) mass is 401 g/mol. The number of ether oxygens (including phenoxy) is 1. The molecule has 1 aliphatic carbocycles.